The van der Waals surface area contributed by atoms with E-state index in [4.69, 9.17) is 0 Å². The van der Waals surface area contributed by atoms with Crippen LogP contribution in [0.15, 0.2) is 30.3 Å². The van der Waals surface area contributed by atoms with Crippen molar-refractivity contribution in [1.29, 1.82) is 0 Å². The fourth-order valence-electron chi connectivity index (χ4n) is 1.03. The van der Waals surface area contributed by atoms with Crippen LogP contribution in [0.1, 0.15) is 5.56 Å². The fraction of sp³-hybridized carbons (Fsp3) is 0.333. The van der Waals surface area contributed by atoms with E-state index in [1.165, 1.54) is 24.3 Å². The third-order valence-electron chi connectivity index (χ3n) is 1.91. The van der Waals surface area contributed by atoms with Gasteiger partial charge in [0.25, 0.3) is 0 Å². The SMILES string of the molecule is OC(CBr)(c1ccccc1)C(F)(F)F. The predicted molar refractivity (Wildman–Crippen MR) is 50.2 cm³/mol. The van der Waals surface area contributed by atoms with Crippen LogP contribution < -0.4 is 0 Å². The summed E-state index contributed by atoms with van der Waals surface area (Å²) in [5.74, 6) is 0. The van der Waals surface area contributed by atoms with E-state index in [1.54, 1.807) is 6.07 Å². The van der Waals surface area contributed by atoms with Crippen molar-refractivity contribution in [2.75, 3.05) is 5.33 Å². The van der Waals surface area contributed by atoms with Crippen LogP contribution in [0.4, 0.5) is 13.2 Å². The molecule has 1 rings (SSSR count). The van der Waals surface area contributed by atoms with Gasteiger partial charge in [-0.25, -0.2) is 0 Å². The smallest absolute Gasteiger partial charge is 0.376 e. The molecule has 5 heteroatoms. The van der Waals surface area contributed by atoms with Crippen LogP contribution >= 0.6 is 15.9 Å². The van der Waals surface area contributed by atoms with E-state index >= 15 is 0 Å². The minimum Gasteiger partial charge on any atom is -0.376 e. The summed E-state index contributed by atoms with van der Waals surface area (Å²) in [7, 11) is 0. The molecule has 78 valence electrons. The zero-order chi connectivity index (χ0) is 10.8. The van der Waals surface area contributed by atoms with Gasteiger partial charge in [-0.1, -0.05) is 46.3 Å². The molecule has 0 heterocycles. The maximum atomic E-state index is 12.5. The van der Waals surface area contributed by atoms with E-state index < -0.39 is 17.1 Å². The Morgan fingerprint density at radius 1 is 1.14 bits per heavy atom. The average Bonchev–Trinajstić information content (AvgIpc) is 2.16. The second kappa shape index (κ2) is 3.90. The third-order valence-corrected chi connectivity index (χ3v) is 2.73. The summed E-state index contributed by atoms with van der Waals surface area (Å²) in [6.07, 6.45) is -4.68. The van der Waals surface area contributed by atoms with E-state index in [0.717, 1.165) is 0 Å². The Bertz CT molecular complexity index is 299. The molecule has 1 N–H and O–H groups in total. The molecule has 0 radical (unpaired) electrons. The second-order valence-electron chi connectivity index (χ2n) is 2.86. The van der Waals surface area contributed by atoms with Gasteiger partial charge in [-0.15, -0.1) is 0 Å². The van der Waals surface area contributed by atoms with Gasteiger partial charge < -0.3 is 5.11 Å². The van der Waals surface area contributed by atoms with Gasteiger partial charge in [-0.05, 0) is 5.56 Å². The fourth-order valence-corrected chi connectivity index (χ4v) is 1.67. The average molecular weight is 269 g/mol. The van der Waals surface area contributed by atoms with E-state index in [9.17, 15) is 18.3 Å². The van der Waals surface area contributed by atoms with E-state index in [0.29, 0.717) is 0 Å². The molecule has 0 saturated heterocycles. The van der Waals surface area contributed by atoms with Gasteiger partial charge in [0, 0.05) is 5.33 Å². The maximum Gasteiger partial charge on any atom is 0.422 e. The van der Waals surface area contributed by atoms with Crippen LogP contribution in [0.25, 0.3) is 0 Å². The van der Waals surface area contributed by atoms with Crippen molar-refractivity contribution in [3.63, 3.8) is 0 Å². The summed E-state index contributed by atoms with van der Waals surface area (Å²) < 4.78 is 37.5. The molecule has 0 aromatic heterocycles. The molecule has 0 spiro atoms. The molecular weight excluding hydrogens is 261 g/mol. The molecule has 1 aromatic carbocycles. The number of alkyl halides is 4. The van der Waals surface area contributed by atoms with Gasteiger partial charge in [-0.2, -0.15) is 13.2 Å². The molecule has 0 bridgehead atoms. The summed E-state index contributed by atoms with van der Waals surface area (Å²) in [6, 6.07) is 6.99. The van der Waals surface area contributed by atoms with Gasteiger partial charge in [0.05, 0.1) is 0 Å². The summed E-state index contributed by atoms with van der Waals surface area (Å²) in [5.41, 5.74) is -2.97. The zero-order valence-electron chi connectivity index (χ0n) is 7.05. The number of halogens is 4. The highest BCUT2D eigenvalue weighted by molar-refractivity contribution is 9.09. The van der Waals surface area contributed by atoms with Crippen molar-refractivity contribution in [3.05, 3.63) is 35.9 Å². The van der Waals surface area contributed by atoms with Crippen molar-refractivity contribution in [1.82, 2.24) is 0 Å². The Morgan fingerprint density at radius 2 is 1.64 bits per heavy atom. The van der Waals surface area contributed by atoms with Crippen LogP contribution in [-0.4, -0.2) is 16.6 Å². The quantitative estimate of drug-likeness (QED) is 0.818. The largest absolute Gasteiger partial charge is 0.422 e. The molecule has 0 amide bonds. The Labute approximate surface area is 87.7 Å². The van der Waals surface area contributed by atoms with Crippen molar-refractivity contribution in [2.24, 2.45) is 0 Å². The molecule has 0 aliphatic rings. The summed E-state index contributed by atoms with van der Waals surface area (Å²) in [6.45, 7) is 0. The van der Waals surface area contributed by atoms with Crippen molar-refractivity contribution in [2.45, 2.75) is 11.8 Å². The van der Waals surface area contributed by atoms with Gasteiger partial charge in [0.15, 0.2) is 5.60 Å². The van der Waals surface area contributed by atoms with Crippen LogP contribution in [0.2, 0.25) is 0 Å². The van der Waals surface area contributed by atoms with E-state index in [2.05, 4.69) is 15.9 Å². The highest BCUT2D eigenvalue weighted by atomic mass is 79.9. The third kappa shape index (κ3) is 1.93. The van der Waals surface area contributed by atoms with Gasteiger partial charge >= 0.3 is 6.18 Å². The lowest BCUT2D eigenvalue weighted by atomic mass is 9.96. The lowest BCUT2D eigenvalue weighted by molar-refractivity contribution is -0.256. The Hall–Kier alpha value is -0.550. The predicted octanol–water partition coefficient (Wildman–Crippen LogP) is 2.83. The summed E-state index contributed by atoms with van der Waals surface area (Å²) >= 11 is 2.67. The van der Waals surface area contributed by atoms with Crippen molar-refractivity contribution in [3.8, 4) is 0 Å². The molecule has 0 saturated carbocycles. The minimum atomic E-state index is -4.68. The summed E-state index contributed by atoms with van der Waals surface area (Å²) in [5, 5.41) is 8.88. The monoisotopic (exact) mass is 268 g/mol. The number of hydrogen-bond donors (Lipinski definition) is 1. The molecule has 14 heavy (non-hydrogen) atoms. The zero-order valence-corrected chi connectivity index (χ0v) is 8.64. The van der Waals surface area contributed by atoms with Gasteiger partial charge in [0.1, 0.15) is 0 Å². The van der Waals surface area contributed by atoms with Crippen LogP contribution in [0.3, 0.4) is 0 Å². The topological polar surface area (TPSA) is 20.2 Å². The first-order chi connectivity index (χ1) is 6.42. The number of benzene rings is 1. The molecule has 0 fully saturated rings. The Balaban J connectivity index is 3.15. The number of rotatable bonds is 2. The maximum absolute atomic E-state index is 12.5. The molecule has 1 atom stereocenters. The first-order valence-electron chi connectivity index (χ1n) is 3.82. The Kier molecular flexibility index (Phi) is 3.21. The van der Waals surface area contributed by atoms with Crippen LogP contribution in [0.5, 0.6) is 0 Å². The Morgan fingerprint density at radius 3 is 2.00 bits per heavy atom. The van der Waals surface area contributed by atoms with Crippen LogP contribution in [0, 0.1) is 0 Å². The minimum absolute atomic E-state index is 0.163. The summed E-state index contributed by atoms with van der Waals surface area (Å²) in [4.78, 5) is 0. The second-order valence-corrected chi connectivity index (χ2v) is 3.42. The first-order valence-corrected chi connectivity index (χ1v) is 4.94. The normalized spacial score (nSPS) is 16.4. The highest BCUT2D eigenvalue weighted by Gasteiger charge is 2.54. The van der Waals surface area contributed by atoms with Crippen LogP contribution in [-0.2, 0) is 5.60 Å². The van der Waals surface area contributed by atoms with Gasteiger partial charge in [-0.3, -0.25) is 0 Å². The molecule has 0 aliphatic heterocycles. The number of hydrogen-bond acceptors (Lipinski definition) is 1. The molecule has 1 aromatic rings. The van der Waals surface area contributed by atoms with E-state index in [-0.39, 0.29) is 5.56 Å². The standard InChI is InChI=1S/C9H8BrF3O/c10-6-8(14,9(11,12)13)7-4-2-1-3-5-7/h1-5,14H,6H2. The molecular formula is C9H8BrF3O. The van der Waals surface area contributed by atoms with E-state index in [1.807, 2.05) is 0 Å². The number of aliphatic hydroxyl groups is 1. The molecule has 0 aliphatic carbocycles. The lowest BCUT2D eigenvalue weighted by Gasteiger charge is -2.28. The molecule has 1 nitrogen and oxygen atoms in total. The first kappa shape index (κ1) is 11.5. The molecule has 1 unspecified atom stereocenters. The van der Waals surface area contributed by atoms with Crippen molar-refractivity contribution < 1.29 is 18.3 Å². The highest BCUT2D eigenvalue weighted by Crippen LogP contribution is 2.39. The van der Waals surface area contributed by atoms with Crippen molar-refractivity contribution >= 4 is 15.9 Å². The van der Waals surface area contributed by atoms with Gasteiger partial charge in [0.2, 0.25) is 0 Å². The lowest BCUT2D eigenvalue weighted by Crippen LogP contribution is -2.43.